The second-order valence-corrected chi connectivity index (χ2v) is 5.33. The molecule has 120 valence electrons. The molecule has 1 aromatic carbocycles. The summed E-state index contributed by atoms with van der Waals surface area (Å²) in [6, 6.07) is 6.70. The van der Waals surface area contributed by atoms with Gasteiger partial charge in [-0.3, -0.25) is 4.79 Å². The summed E-state index contributed by atoms with van der Waals surface area (Å²) >= 11 is 0. The summed E-state index contributed by atoms with van der Waals surface area (Å²) in [4.78, 5) is 25.6. The van der Waals surface area contributed by atoms with Gasteiger partial charge in [-0.2, -0.15) is 0 Å². The molecule has 0 bridgehead atoms. The smallest absolute Gasteiger partial charge is 0.341 e. The predicted octanol–water partition coefficient (Wildman–Crippen LogP) is 1.49. The molecular weight excluding hydrogens is 286 g/mol. The third kappa shape index (κ3) is 3.98. The standard InChI is InChI=1S/C16H21NO5/c1-11-8-17(9-12(2)22-11)15(18)10-21-14-7-5-4-6-13(14)16(19)20-3/h4-7,11-12H,8-10H2,1-3H3/t11-,12-/m0/s1. The normalized spacial score (nSPS) is 21.3. The number of methoxy groups -OCH3 is 1. The van der Waals surface area contributed by atoms with Gasteiger partial charge in [0.15, 0.2) is 6.61 Å². The Morgan fingerprint density at radius 1 is 1.23 bits per heavy atom. The fraction of sp³-hybridized carbons (Fsp3) is 0.500. The number of ether oxygens (including phenoxy) is 3. The van der Waals surface area contributed by atoms with Crippen molar-refractivity contribution in [1.82, 2.24) is 4.90 Å². The first-order chi connectivity index (χ1) is 10.5. The van der Waals surface area contributed by atoms with Gasteiger partial charge >= 0.3 is 5.97 Å². The Bertz CT molecular complexity index is 535. The molecule has 0 aromatic heterocycles. The summed E-state index contributed by atoms with van der Waals surface area (Å²) in [5.41, 5.74) is 0.307. The highest BCUT2D eigenvalue weighted by molar-refractivity contribution is 5.92. The van der Waals surface area contributed by atoms with Crippen LogP contribution in [-0.2, 0) is 14.3 Å². The van der Waals surface area contributed by atoms with E-state index in [1.165, 1.54) is 7.11 Å². The highest BCUT2D eigenvalue weighted by Crippen LogP contribution is 2.19. The number of benzene rings is 1. The molecule has 1 aliphatic rings. The summed E-state index contributed by atoms with van der Waals surface area (Å²) < 4.78 is 15.8. The summed E-state index contributed by atoms with van der Waals surface area (Å²) in [7, 11) is 1.31. The zero-order valence-electron chi connectivity index (χ0n) is 13.1. The first-order valence-corrected chi connectivity index (χ1v) is 7.24. The van der Waals surface area contributed by atoms with Gasteiger partial charge in [-0.15, -0.1) is 0 Å². The van der Waals surface area contributed by atoms with Crippen LogP contribution in [0.5, 0.6) is 5.75 Å². The fourth-order valence-corrected chi connectivity index (χ4v) is 2.48. The Morgan fingerprint density at radius 3 is 2.50 bits per heavy atom. The molecule has 0 saturated carbocycles. The minimum atomic E-state index is -0.489. The van der Waals surface area contributed by atoms with Crippen LogP contribution in [0.4, 0.5) is 0 Å². The molecule has 6 heteroatoms. The molecule has 0 N–H and O–H groups in total. The van der Waals surface area contributed by atoms with Gasteiger partial charge in [-0.25, -0.2) is 4.79 Å². The van der Waals surface area contributed by atoms with E-state index >= 15 is 0 Å². The van der Waals surface area contributed by atoms with E-state index in [1.807, 2.05) is 13.8 Å². The molecule has 1 aliphatic heterocycles. The second kappa shape index (κ2) is 7.26. The molecule has 0 radical (unpaired) electrons. The predicted molar refractivity (Wildman–Crippen MR) is 79.9 cm³/mol. The maximum atomic E-state index is 12.2. The number of carbonyl (C=O) groups excluding carboxylic acids is 2. The van der Waals surface area contributed by atoms with E-state index in [0.717, 1.165) is 0 Å². The Hall–Kier alpha value is -2.08. The minimum Gasteiger partial charge on any atom is -0.483 e. The second-order valence-electron chi connectivity index (χ2n) is 5.33. The molecule has 2 atom stereocenters. The highest BCUT2D eigenvalue weighted by atomic mass is 16.5. The SMILES string of the molecule is COC(=O)c1ccccc1OCC(=O)N1C[C@H](C)O[C@@H](C)C1. The average Bonchev–Trinajstić information content (AvgIpc) is 2.51. The van der Waals surface area contributed by atoms with Crippen molar-refractivity contribution in [3.63, 3.8) is 0 Å². The van der Waals surface area contributed by atoms with Crippen molar-refractivity contribution in [2.24, 2.45) is 0 Å². The van der Waals surface area contributed by atoms with E-state index in [4.69, 9.17) is 14.2 Å². The molecule has 0 spiro atoms. The van der Waals surface area contributed by atoms with E-state index in [1.54, 1.807) is 29.2 Å². The van der Waals surface area contributed by atoms with Crippen molar-refractivity contribution in [1.29, 1.82) is 0 Å². The zero-order valence-corrected chi connectivity index (χ0v) is 13.1. The number of carbonyl (C=O) groups is 2. The van der Waals surface area contributed by atoms with Crippen LogP contribution in [0, 0.1) is 0 Å². The van der Waals surface area contributed by atoms with Gasteiger partial charge in [0, 0.05) is 13.1 Å². The average molecular weight is 307 g/mol. The van der Waals surface area contributed by atoms with Crippen molar-refractivity contribution in [3.05, 3.63) is 29.8 Å². The zero-order chi connectivity index (χ0) is 16.1. The monoisotopic (exact) mass is 307 g/mol. The minimum absolute atomic E-state index is 0.00931. The van der Waals surface area contributed by atoms with Crippen LogP contribution in [-0.4, -0.2) is 55.8 Å². The number of hydrogen-bond donors (Lipinski definition) is 0. The number of morpholine rings is 1. The number of para-hydroxylation sites is 1. The number of rotatable bonds is 4. The van der Waals surface area contributed by atoms with E-state index in [-0.39, 0.29) is 24.7 Å². The van der Waals surface area contributed by atoms with Crippen LogP contribution in [0.15, 0.2) is 24.3 Å². The molecule has 1 amide bonds. The molecule has 1 aromatic rings. The third-order valence-electron chi connectivity index (χ3n) is 3.42. The largest absolute Gasteiger partial charge is 0.483 e. The molecule has 0 aliphatic carbocycles. The Morgan fingerprint density at radius 2 is 1.86 bits per heavy atom. The molecule has 2 rings (SSSR count). The van der Waals surface area contributed by atoms with E-state index in [2.05, 4.69) is 0 Å². The fourth-order valence-electron chi connectivity index (χ4n) is 2.48. The molecule has 6 nitrogen and oxygen atoms in total. The van der Waals surface area contributed by atoms with Crippen molar-refractivity contribution < 1.29 is 23.8 Å². The van der Waals surface area contributed by atoms with Crippen LogP contribution in [0.3, 0.4) is 0 Å². The van der Waals surface area contributed by atoms with Crippen molar-refractivity contribution >= 4 is 11.9 Å². The Labute approximate surface area is 129 Å². The van der Waals surface area contributed by atoms with E-state index in [9.17, 15) is 9.59 Å². The molecular formula is C16H21NO5. The summed E-state index contributed by atoms with van der Waals surface area (Å²) in [6.45, 7) is 4.84. The highest BCUT2D eigenvalue weighted by Gasteiger charge is 2.26. The van der Waals surface area contributed by atoms with Crippen molar-refractivity contribution in [2.75, 3.05) is 26.8 Å². The lowest BCUT2D eigenvalue weighted by Crippen LogP contribution is -2.49. The lowest BCUT2D eigenvalue weighted by atomic mass is 10.2. The molecule has 1 heterocycles. The van der Waals surface area contributed by atoms with Crippen LogP contribution in [0.2, 0.25) is 0 Å². The van der Waals surface area contributed by atoms with Gasteiger partial charge in [0.1, 0.15) is 11.3 Å². The van der Waals surface area contributed by atoms with E-state index < -0.39 is 5.97 Å². The van der Waals surface area contributed by atoms with Crippen LogP contribution in [0.1, 0.15) is 24.2 Å². The van der Waals surface area contributed by atoms with Gasteiger partial charge in [0.05, 0.1) is 19.3 Å². The Balaban J connectivity index is 1.98. The first kappa shape index (κ1) is 16.3. The van der Waals surface area contributed by atoms with Crippen molar-refractivity contribution in [3.8, 4) is 5.75 Å². The third-order valence-corrected chi connectivity index (χ3v) is 3.42. The maximum absolute atomic E-state index is 12.2. The Kier molecular flexibility index (Phi) is 5.38. The molecule has 1 saturated heterocycles. The molecule has 1 fully saturated rings. The maximum Gasteiger partial charge on any atom is 0.341 e. The lowest BCUT2D eigenvalue weighted by molar-refractivity contribution is -0.145. The van der Waals surface area contributed by atoms with Gasteiger partial charge in [0.2, 0.25) is 0 Å². The first-order valence-electron chi connectivity index (χ1n) is 7.24. The van der Waals surface area contributed by atoms with Crippen molar-refractivity contribution in [2.45, 2.75) is 26.1 Å². The summed E-state index contributed by atoms with van der Waals surface area (Å²) in [5, 5.41) is 0. The molecule has 22 heavy (non-hydrogen) atoms. The number of nitrogens with zero attached hydrogens (tertiary/aromatic N) is 1. The topological polar surface area (TPSA) is 65.1 Å². The van der Waals surface area contributed by atoms with Crippen LogP contribution in [0.25, 0.3) is 0 Å². The van der Waals surface area contributed by atoms with Gasteiger partial charge in [-0.05, 0) is 26.0 Å². The summed E-state index contributed by atoms with van der Waals surface area (Å²) in [6.07, 6.45) is 0.0186. The van der Waals surface area contributed by atoms with Crippen LogP contribution >= 0.6 is 0 Å². The lowest BCUT2D eigenvalue weighted by Gasteiger charge is -2.35. The number of amides is 1. The van der Waals surface area contributed by atoms with Gasteiger partial charge < -0.3 is 19.1 Å². The molecule has 0 unspecified atom stereocenters. The quantitative estimate of drug-likeness (QED) is 0.789. The van der Waals surface area contributed by atoms with E-state index in [0.29, 0.717) is 24.4 Å². The number of esters is 1. The van der Waals surface area contributed by atoms with Gasteiger partial charge in [0.25, 0.3) is 5.91 Å². The van der Waals surface area contributed by atoms with Crippen LogP contribution < -0.4 is 4.74 Å². The number of hydrogen-bond acceptors (Lipinski definition) is 5. The van der Waals surface area contributed by atoms with Gasteiger partial charge in [-0.1, -0.05) is 12.1 Å². The summed E-state index contributed by atoms with van der Waals surface area (Å²) in [5.74, 6) is -0.268.